The zero-order valence-corrected chi connectivity index (χ0v) is 6.89. The molecule has 0 bridgehead atoms. The Morgan fingerprint density at radius 3 is 2.50 bits per heavy atom. The second-order valence-corrected chi connectivity index (χ2v) is 2.33. The van der Waals surface area contributed by atoms with Gasteiger partial charge in [-0.2, -0.15) is 0 Å². The van der Waals surface area contributed by atoms with Gasteiger partial charge in [-0.15, -0.1) is 0 Å². The van der Waals surface area contributed by atoms with Crippen LogP contribution in [0.15, 0.2) is 4.99 Å². The Balaban J connectivity index is 3.71. The molecule has 1 atom stereocenters. The second kappa shape index (κ2) is 5.38. The number of hydrogen-bond donors (Lipinski definition) is 2. The summed E-state index contributed by atoms with van der Waals surface area (Å²) >= 11 is 0. The van der Waals surface area contributed by atoms with Gasteiger partial charge in [-0.25, -0.2) is 0 Å². The monoisotopic (exact) mass is 144 g/mol. The van der Waals surface area contributed by atoms with Crippen molar-refractivity contribution >= 4 is 5.71 Å². The molecule has 0 aromatic carbocycles. The first-order valence-corrected chi connectivity index (χ1v) is 3.56. The molecule has 1 unspecified atom stereocenters. The Morgan fingerprint density at radius 1 is 1.60 bits per heavy atom. The molecule has 60 valence electrons. The molecule has 0 radical (unpaired) electrons. The van der Waals surface area contributed by atoms with Gasteiger partial charge in [0, 0.05) is 5.71 Å². The fourth-order valence-corrected chi connectivity index (χ4v) is 0.698. The molecule has 0 spiro atoms. The molecule has 10 heavy (non-hydrogen) atoms. The first-order chi connectivity index (χ1) is 4.70. The van der Waals surface area contributed by atoms with E-state index in [1.807, 2.05) is 20.8 Å². The highest BCUT2D eigenvalue weighted by atomic mass is 16.3. The van der Waals surface area contributed by atoms with Crippen molar-refractivity contribution in [3.05, 3.63) is 0 Å². The molecule has 2 N–H and O–H groups in total. The van der Waals surface area contributed by atoms with E-state index in [9.17, 15) is 0 Å². The molecule has 0 aliphatic heterocycles. The number of aliphatic hydroxyl groups excluding tert-OH is 1. The lowest BCUT2D eigenvalue weighted by Gasteiger charge is -2.09. The van der Waals surface area contributed by atoms with Gasteiger partial charge in [0.15, 0.2) is 0 Å². The molecule has 3 nitrogen and oxygen atoms in total. The highest BCUT2D eigenvalue weighted by molar-refractivity contribution is 5.79. The minimum Gasteiger partial charge on any atom is -0.393 e. The third kappa shape index (κ3) is 4.47. The van der Waals surface area contributed by atoms with Gasteiger partial charge in [0.25, 0.3) is 0 Å². The van der Waals surface area contributed by atoms with Crippen molar-refractivity contribution in [3.63, 3.8) is 0 Å². The first kappa shape index (κ1) is 9.59. The van der Waals surface area contributed by atoms with Crippen LogP contribution in [0.3, 0.4) is 0 Å². The largest absolute Gasteiger partial charge is 0.393 e. The number of hydrogen-bond acceptors (Lipinski definition) is 3. The molecule has 0 saturated heterocycles. The first-order valence-electron chi connectivity index (χ1n) is 3.56. The van der Waals surface area contributed by atoms with E-state index >= 15 is 0 Å². The smallest absolute Gasteiger partial charge is 0.123 e. The van der Waals surface area contributed by atoms with Gasteiger partial charge in [-0.3, -0.25) is 10.3 Å². The summed E-state index contributed by atoms with van der Waals surface area (Å²) in [5, 5.41) is 11.8. The summed E-state index contributed by atoms with van der Waals surface area (Å²) in [6, 6.07) is 0. The lowest BCUT2D eigenvalue weighted by Crippen LogP contribution is -2.30. The zero-order valence-electron chi connectivity index (χ0n) is 6.89. The van der Waals surface area contributed by atoms with E-state index in [1.54, 1.807) is 0 Å². The van der Waals surface area contributed by atoms with E-state index in [0.29, 0.717) is 0 Å². The Labute approximate surface area is 62.2 Å². The maximum absolute atomic E-state index is 8.74. The van der Waals surface area contributed by atoms with Crippen LogP contribution in [0.1, 0.15) is 20.8 Å². The van der Waals surface area contributed by atoms with E-state index < -0.39 is 0 Å². The number of aliphatic hydroxyl groups is 1. The predicted molar refractivity (Wildman–Crippen MR) is 43.3 cm³/mol. The maximum Gasteiger partial charge on any atom is 0.123 e. The van der Waals surface area contributed by atoms with Crippen LogP contribution in [0.2, 0.25) is 0 Å². The number of nitrogens with one attached hydrogen (secondary N) is 1. The number of nitrogens with zero attached hydrogens (tertiary/aromatic N) is 1. The molecule has 0 aromatic heterocycles. The van der Waals surface area contributed by atoms with Gasteiger partial charge in [0.1, 0.15) is 6.17 Å². The fourth-order valence-electron chi connectivity index (χ4n) is 0.698. The minimum absolute atomic E-state index is 0.0685. The van der Waals surface area contributed by atoms with Gasteiger partial charge in [0.2, 0.25) is 0 Å². The summed E-state index contributed by atoms with van der Waals surface area (Å²) in [6.07, 6.45) is -0.116. The van der Waals surface area contributed by atoms with Crippen LogP contribution in [0.25, 0.3) is 0 Å². The number of aliphatic imine (C=N–C) groups is 1. The van der Waals surface area contributed by atoms with Gasteiger partial charge >= 0.3 is 0 Å². The average Bonchev–Trinajstić information content (AvgIpc) is 1.86. The highest BCUT2D eigenvalue weighted by Gasteiger charge is 1.99. The minimum atomic E-state index is -0.116. The van der Waals surface area contributed by atoms with Crippen LogP contribution in [-0.2, 0) is 0 Å². The Morgan fingerprint density at radius 2 is 2.20 bits per heavy atom. The highest BCUT2D eigenvalue weighted by Crippen LogP contribution is 1.85. The molecular weight excluding hydrogens is 128 g/mol. The molecule has 3 heteroatoms. The van der Waals surface area contributed by atoms with Crippen LogP contribution in [-0.4, -0.2) is 30.1 Å². The molecule has 0 amide bonds. The van der Waals surface area contributed by atoms with E-state index in [4.69, 9.17) is 5.11 Å². The van der Waals surface area contributed by atoms with Crippen LogP contribution in [0.5, 0.6) is 0 Å². The molecule has 0 fully saturated rings. The lowest BCUT2D eigenvalue weighted by molar-refractivity contribution is 0.248. The van der Waals surface area contributed by atoms with Crippen LogP contribution in [0.4, 0.5) is 0 Å². The summed E-state index contributed by atoms with van der Waals surface area (Å²) in [7, 11) is 0. The Kier molecular flexibility index (Phi) is 5.16. The maximum atomic E-state index is 8.74. The molecule has 0 saturated carbocycles. The summed E-state index contributed by atoms with van der Waals surface area (Å²) in [4.78, 5) is 4.14. The standard InChI is InChI=1S/C7H16N2O/c1-4-8-7(5-10)9-6(2)3/h7-8,10H,4-5H2,1-3H3. The summed E-state index contributed by atoms with van der Waals surface area (Å²) in [6.45, 7) is 6.73. The average molecular weight is 144 g/mol. The molecule has 0 aromatic rings. The normalized spacial score (nSPS) is 12.8. The zero-order chi connectivity index (χ0) is 7.98. The Bertz CT molecular complexity index is 108. The molecule has 0 heterocycles. The van der Waals surface area contributed by atoms with Crippen LogP contribution >= 0.6 is 0 Å². The summed E-state index contributed by atoms with van der Waals surface area (Å²) in [5.41, 5.74) is 0.986. The van der Waals surface area contributed by atoms with Crippen molar-refractivity contribution in [1.29, 1.82) is 0 Å². The summed E-state index contributed by atoms with van der Waals surface area (Å²) < 4.78 is 0. The number of rotatable bonds is 4. The lowest BCUT2D eigenvalue weighted by atomic mass is 10.4. The van der Waals surface area contributed by atoms with Crippen molar-refractivity contribution in [2.75, 3.05) is 13.2 Å². The van der Waals surface area contributed by atoms with Gasteiger partial charge < -0.3 is 5.11 Å². The van der Waals surface area contributed by atoms with E-state index in [0.717, 1.165) is 12.3 Å². The SMILES string of the molecule is CCNC(CO)N=C(C)C. The van der Waals surface area contributed by atoms with Gasteiger partial charge in [-0.05, 0) is 20.4 Å². The molecule has 0 aliphatic carbocycles. The second-order valence-electron chi connectivity index (χ2n) is 2.33. The Hall–Kier alpha value is -0.410. The van der Waals surface area contributed by atoms with E-state index in [-0.39, 0.29) is 12.8 Å². The van der Waals surface area contributed by atoms with Crippen molar-refractivity contribution < 1.29 is 5.11 Å². The van der Waals surface area contributed by atoms with Gasteiger partial charge in [0.05, 0.1) is 6.61 Å². The van der Waals surface area contributed by atoms with Crippen molar-refractivity contribution in [2.24, 2.45) is 4.99 Å². The number of likely N-dealkylation sites (N-methyl/N-ethyl adjacent to an activating group) is 1. The van der Waals surface area contributed by atoms with Crippen LogP contribution < -0.4 is 5.32 Å². The quantitative estimate of drug-likeness (QED) is 0.561. The predicted octanol–water partition coefficient (Wildman–Crippen LogP) is 0.395. The third-order valence-electron chi connectivity index (χ3n) is 1.03. The van der Waals surface area contributed by atoms with Crippen molar-refractivity contribution in [3.8, 4) is 0 Å². The topological polar surface area (TPSA) is 44.6 Å². The van der Waals surface area contributed by atoms with E-state index in [1.165, 1.54) is 0 Å². The summed E-state index contributed by atoms with van der Waals surface area (Å²) in [5.74, 6) is 0. The van der Waals surface area contributed by atoms with E-state index in [2.05, 4.69) is 10.3 Å². The van der Waals surface area contributed by atoms with Crippen LogP contribution in [0, 0.1) is 0 Å². The molecule has 0 aliphatic rings. The molecular formula is C7H16N2O. The van der Waals surface area contributed by atoms with Crippen molar-refractivity contribution in [1.82, 2.24) is 5.32 Å². The van der Waals surface area contributed by atoms with Crippen molar-refractivity contribution in [2.45, 2.75) is 26.9 Å². The molecule has 0 rings (SSSR count). The third-order valence-corrected chi connectivity index (χ3v) is 1.03. The van der Waals surface area contributed by atoms with Gasteiger partial charge in [-0.1, -0.05) is 6.92 Å². The fraction of sp³-hybridized carbons (Fsp3) is 0.857.